The third kappa shape index (κ3) is 3.96. The molecule has 29 heavy (non-hydrogen) atoms. The zero-order valence-corrected chi connectivity index (χ0v) is 17.1. The van der Waals surface area contributed by atoms with Gasteiger partial charge in [-0.1, -0.05) is 12.1 Å². The van der Waals surface area contributed by atoms with E-state index in [0.29, 0.717) is 31.1 Å². The summed E-state index contributed by atoms with van der Waals surface area (Å²) >= 11 is 0. The summed E-state index contributed by atoms with van der Waals surface area (Å²) in [4.78, 5) is 15.0. The van der Waals surface area contributed by atoms with Crippen LogP contribution in [0, 0.1) is 13.8 Å². The minimum atomic E-state index is -0.270. The molecule has 1 atom stereocenters. The minimum absolute atomic E-state index is 0.144. The molecule has 1 aliphatic heterocycles. The van der Waals surface area contributed by atoms with Gasteiger partial charge >= 0.3 is 0 Å². The molecule has 4 rings (SSSR count). The monoisotopic (exact) mass is 395 g/mol. The minimum Gasteiger partial charge on any atom is -0.486 e. The van der Waals surface area contributed by atoms with Gasteiger partial charge in [-0.3, -0.25) is 14.2 Å². The summed E-state index contributed by atoms with van der Waals surface area (Å²) in [6.07, 6.45) is -0.270. The highest BCUT2D eigenvalue weighted by Gasteiger charge is 2.28. The van der Waals surface area contributed by atoms with Crippen molar-refractivity contribution < 1.29 is 14.3 Å². The average molecular weight is 395 g/mol. The first-order valence-corrected chi connectivity index (χ1v) is 9.58. The highest BCUT2D eigenvalue weighted by molar-refractivity contribution is 5.92. The van der Waals surface area contributed by atoms with Crippen molar-refractivity contribution in [3.8, 4) is 11.5 Å². The highest BCUT2D eigenvalue weighted by atomic mass is 16.6. The summed E-state index contributed by atoms with van der Waals surface area (Å²) in [5.41, 5.74) is 3.20. The lowest BCUT2D eigenvalue weighted by atomic mass is 10.2. The van der Waals surface area contributed by atoms with Crippen LogP contribution in [0.15, 0.2) is 36.4 Å². The molecule has 8 heteroatoms. The standard InChI is InChI=1S/C21H25N5O3/c1-14-9-16(25(4)22-14)11-26(21(27)18-10-15(2)24(3)23-18)12-17-13-28-19-7-5-6-8-20(19)29-17/h5-10,17H,11-13H2,1-4H3/t17-/m1/s1. The maximum atomic E-state index is 13.3. The van der Waals surface area contributed by atoms with Crippen LogP contribution in [0.5, 0.6) is 11.5 Å². The van der Waals surface area contributed by atoms with Crippen LogP contribution in [0.4, 0.5) is 0 Å². The van der Waals surface area contributed by atoms with E-state index < -0.39 is 0 Å². The van der Waals surface area contributed by atoms with Crippen LogP contribution < -0.4 is 9.47 Å². The topological polar surface area (TPSA) is 74.4 Å². The molecule has 0 fully saturated rings. The Kier molecular flexibility index (Phi) is 5.00. The lowest BCUT2D eigenvalue weighted by Gasteiger charge is -2.31. The molecule has 0 saturated carbocycles. The number of hydrogen-bond acceptors (Lipinski definition) is 5. The smallest absolute Gasteiger partial charge is 0.274 e. The summed E-state index contributed by atoms with van der Waals surface area (Å²) in [6, 6.07) is 11.4. The Balaban J connectivity index is 1.58. The molecule has 1 amide bonds. The molecule has 0 bridgehead atoms. The summed E-state index contributed by atoms with van der Waals surface area (Å²) < 4.78 is 15.4. The Hall–Kier alpha value is -3.29. The quantitative estimate of drug-likeness (QED) is 0.662. The van der Waals surface area contributed by atoms with Crippen molar-refractivity contribution in [2.45, 2.75) is 26.5 Å². The van der Waals surface area contributed by atoms with E-state index in [2.05, 4.69) is 10.2 Å². The number of carbonyl (C=O) groups is 1. The van der Waals surface area contributed by atoms with Gasteiger partial charge in [-0.15, -0.1) is 0 Å². The fourth-order valence-corrected chi connectivity index (χ4v) is 3.45. The number of rotatable bonds is 5. The van der Waals surface area contributed by atoms with Gasteiger partial charge in [-0.25, -0.2) is 0 Å². The van der Waals surface area contributed by atoms with Crippen LogP contribution in [0.2, 0.25) is 0 Å². The van der Waals surface area contributed by atoms with Crippen LogP contribution in [0.1, 0.15) is 27.6 Å². The lowest BCUT2D eigenvalue weighted by Crippen LogP contribution is -2.43. The third-order valence-electron chi connectivity index (χ3n) is 5.06. The SMILES string of the molecule is Cc1cc(CN(C[C@@H]2COc3ccccc3O2)C(=O)c2cc(C)n(C)n2)n(C)n1. The molecule has 1 aliphatic rings. The fourth-order valence-electron chi connectivity index (χ4n) is 3.45. The molecular weight excluding hydrogens is 370 g/mol. The van der Waals surface area contributed by atoms with Gasteiger partial charge in [0.05, 0.1) is 24.5 Å². The molecule has 152 valence electrons. The number of aromatic nitrogens is 4. The molecule has 8 nitrogen and oxygen atoms in total. The Labute approximate surface area is 169 Å². The molecular formula is C21H25N5O3. The molecule has 0 spiro atoms. The van der Waals surface area contributed by atoms with Crippen molar-refractivity contribution in [3.05, 3.63) is 59.2 Å². The van der Waals surface area contributed by atoms with Crippen molar-refractivity contribution in [1.82, 2.24) is 24.5 Å². The Morgan fingerprint density at radius 1 is 1.14 bits per heavy atom. The number of para-hydroxylation sites is 2. The van der Waals surface area contributed by atoms with E-state index in [1.807, 2.05) is 58.3 Å². The first kappa shape index (κ1) is 19.0. The Morgan fingerprint density at radius 3 is 2.55 bits per heavy atom. The summed E-state index contributed by atoms with van der Waals surface area (Å²) in [5, 5.41) is 8.75. The van der Waals surface area contributed by atoms with E-state index in [4.69, 9.17) is 9.47 Å². The van der Waals surface area contributed by atoms with Crippen molar-refractivity contribution in [2.24, 2.45) is 14.1 Å². The van der Waals surface area contributed by atoms with E-state index in [-0.39, 0.29) is 12.0 Å². The Bertz CT molecular complexity index is 1020. The highest BCUT2D eigenvalue weighted by Crippen LogP contribution is 2.31. The third-order valence-corrected chi connectivity index (χ3v) is 5.06. The number of amides is 1. The van der Waals surface area contributed by atoms with Gasteiger partial charge in [-0.05, 0) is 38.1 Å². The fraction of sp³-hybridized carbons (Fsp3) is 0.381. The van der Waals surface area contributed by atoms with Crippen molar-refractivity contribution in [1.29, 1.82) is 0 Å². The van der Waals surface area contributed by atoms with E-state index in [1.165, 1.54) is 0 Å². The maximum absolute atomic E-state index is 13.3. The summed E-state index contributed by atoms with van der Waals surface area (Å²) in [5.74, 6) is 1.28. The molecule has 1 aromatic carbocycles. The normalized spacial score (nSPS) is 15.4. The second kappa shape index (κ2) is 7.62. The van der Waals surface area contributed by atoms with Gasteiger partial charge in [0, 0.05) is 19.8 Å². The van der Waals surface area contributed by atoms with Crippen LogP contribution in [0.3, 0.4) is 0 Å². The van der Waals surface area contributed by atoms with Gasteiger partial charge in [0.15, 0.2) is 23.3 Å². The van der Waals surface area contributed by atoms with Crippen molar-refractivity contribution in [2.75, 3.05) is 13.2 Å². The van der Waals surface area contributed by atoms with Crippen LogP contribution in [0.25, 0.3) is 0 Å². The molecule has 3 heterocycles. The molecule has 3 aromatic rings. The number of nitrogens with zero attached hydrogens (tertiary/aromatic N) is 5. The van der Waals surface area contributed by atoms with Gasteiger partial charge in [0.2, 0.25) is 0 Å². The van der Waals surface area contributed by atoms with Crippen LogP contribution in [-0.2, 0) is 20.6 Å². The number of fused-ring (bicyclic) bond motifs is 1. The first-order chi connectivity index (χ1) is 13.9. The van der Waals surface area contributed by atoms with Gasteiger partial charge in [0.25, 0.3) is 5.91 Å². The molecule has 0 unspecified atom stereocenters. The number of benzene rings is 1. The van der Waals surface area contributed by atoms with Crippen LogP contribution >= 0.6 is 0 Å². The van der Waals surface area contributed by atoms with Crippen LogP contribution in [-0.4, -0.2) is 49.6 Å². The molecule has 0 radical (unpaired) electrons. The predicted octanol–water partition coefficient (Wildman–Crippen LogP) is 2.25. The van der Waals surface area contributed by atoms with Gasteiger partial charge in [-0.2, -0.15) is 10.2 Å². The molecule has 0 N–H and O–H groups in total. The van der Waals surface area contributed by atoms with Gasteiger partial charge in [0.1, 0.15) is 6.61 Å². The Morgan fingerprint density at radius 2 is 1.90 bits per heavy atom. The summed E-state index contributed by atoms with van der Waals surface area (Å²) in [7, 11) is 3.71. The predicted molar refractivity (Wildman–Crippen MR) is 107 cm³/mol. The van der Waals surface area contributed by atoms with Crippen molar-refractivity contribution >= 4 is 5.91 Å². The first-order valence-electron chi connectivity index (χ1n) is 9.58. The largest absolute Gasteiger partial charge is 0.486 e. The van der Waals surface area contributed by atoms with E-state index in [1.54, 1.807) is 20.3 Å². The zero-order chi connectivity index (χ0) is 20.5. The average Bonchev–Trinajstić information content (AvgIpc) is 3.20. The number of aryl methyl sites for hydroxylation is 4. The number of carbonyl (C=O) groups excluding carboxylic acids is 1. The second-order valence-electron chi connectivity index (χ2n) is 7.38. The lowest BCUT2D eigenvalue weighted by molar-refractivity contribution is 0.0435. The van der Waals surface area contributed by atoms with E-state index >= 15 is 0 Å². The summed E-state index contributed by atoms with van der Waals surface area (Å²) in [6.45, 7) is 5.03. The van der Waals surface area contributed by atoms with Gasteiger partial charge < -0.3 is 14.4 Å². The van der Waals surface area contributed by atoms with E-state index in [0.717, 1.165) is 22.8 Å². The maximum Gasteiger partial charge on any atom is 0.274 e. The zero-order valence-electron chi connectivity index (χ0n) is 17.1. The molecule has 0 saturated heterocycles. The molecule has 2 aromatic heterocycles. The molecule has 0 aliphatic carbocycles. The second-order valence-corrected chi connectivity index (χ2v) is 7.38. The van der Waals surface area contributed by atoms with Crippen molar-refractivity contribution in [3.63, 3.8) is 0 Å². The van der Waals surface area contributed by atoms with E-state index in [9.17, 15) is 4.79 Å². The number of hydrogen-bond donors (Lipinski definition) is 0. The number of ether oxygens (including phenoxy) is 2.